The number of aryl methyl sites for hydroxylation is 1. The van der Waals surface area contributed by atoms with E-state index in [0.29, 0.717) is 17.6 Å². The van der Waals surface area contributed by atoms with Crippen LogP contribution in [0.4, 0.5) is 5.95 Å². The Kier molecular flexibility index (Phi) is 3.41. The molecule has 0 saturated carbocycles. The lowest BCUT2D eigenvalue weighted by Gasteiger charge is -2.07. The highest BCUT2D eigenvalue weighted by atomic mass is 15.3. The standard InChI is InChI=1S/C17H19N7/c1-11(2)6-18-16-19-9-15-14(4-5-24(15)22-16)13-8-21-17-20-7-12(3)23(17)10-13/h4-5,7-11H,6H2,1-3H3,(H,18,22). The van der Waals surface area contributed by atoms with Gasteiger partial charge in [0.25, 0.3) is 0 Å². The molecule has 0 aliphatic rings. The normalized spacial score (nSPS) is 11.7. The molecule has 122 valence electrons. The van der Waals surface area contributed by atoms with E-state index in [2.05, 4.69) is 39.2 Å². The minimum absolute atomic E-state index is 0.542. The first-order valence-electron chi connectivity index (χ1n) is 8.00. The van der Waals surface area contributed by atoms with E-state index in [4.69, 9.17) is 0 Å². The average molecular weight is 321 g/mol. The van der Waals surface area contributed by atoms with E-state index in [1.54, 1.807) is 0 Å². The number of nitrogens with one attached hydrogen (secondary N) is 1. The summed E-state index contributed by atoms with van der Waals surface area (Å²) in [6.45, 7) is 7.17. The molecule has 4 aromatic heterocycles. The Morgan fingerprint density at radius 1 is 1.12 bits per heavy atom. The van der Waals surface area contributed by atoms with E-state index in [1.807, 2.05) is 52.9 Å². The van der Waals surface area contributed by atoms with E-state index in [0.717, 1.165) is 28.9 Å². The number of fused-ring (bicyclic) bond motifs is 2. The SMILES string of the molecule is Cc1cnc2ncc(-c3ccn4nc(NCC(C)C)ncc34)cn12. The van der Waals surface area contributed by atoms with Crippen LogP contribution in [0.3, 0.4) is 0 Å². The molecule has 24 heavy (non-hydrogen) atoms. The molecule has 0 aliphatic heterocycles. The quantitative estimate of drug-likeness (QED) is 0.626. The summed E-state index contributed by atoms with van der Waals surface area (Å²) in [5, 5.41) is 7.76. The van der Waals surface area contributed by atoms with Crippen LogP contribution in [0.15, 0.2) is 37.1 Å². The van der Waals surface area contributed by atoms with Crippen LogP contribution in [0, 0.1) is 12.8 Å². The number of hydrogen-bond donors (Lipinski definition) is 1. The fourth-order valence-electron chi connectivity index (χ4n) is 2.65. The van der Waals surface area contributed by atoms with E-state index >= 15 is 0 Å². The van der Waals surface area contributed by atoms with Crippen LogP contribution in [0.5, 0.6) is 0 Å². The summed E-state index contributed by atoms with van der Waals surface area (Å²) in [4.78, 5) is 13.1. The van der Waals surface area contributed by atoms with Crippen molar-refractivity contribution in [3.05, 3.63) is 42.7 Å². The zero-order valence-corrected chi connectivity index (χ0v) is 13.9. The average Bonchev–Trinajstić information content (AvgIpc) is 3.16. The van der Waals surface area contributed by atoms with Crippen LogP contribution >= 0.6 is 0 Å². The molecule has 7 nitrogen and oxygen atoms in total. The third kappa shape index (κ3) is 2.47. The Hall–Kier alpha value is -2.96. The van der Waals surface area contributed by atoms with E-state index < -0.39 is 0 Å². The summed E-state index contributed by atoms with van der Waals surface area (Å²) in [6, 6.07) is 2.03. The van der Waals surface area contributed by atoms with Gasteiger partial charge in [-0.2, -0.15) is 0 Å². The molecule has 4 rings (SSSR count). The lowest BCUT2D eigenvalue weighted by atomic mass is 10.1. The highest BCUT2D eigenvalue weighted by Gasteiger charge is 2.10. The molecule has 4 aromatic rings. The molecule has 4 heterocycles. The fourth-order valence-corrected chi connectivity index (χ4v) is 2.65. The Morgan fingerprint density at radius 2 is 1.96 bits per heavy atom. The molecule has 0 unspecified atom stereocenters. The summed E-state index contributed by atoms with van der Waals surface area (Å²) in [7, 11) is 0. The first kappa shape index (κ1) is 14.6. The largest absolute Gasteiger partial charge is 0.353 e. The molecule has 0 bridgehead atoms. The van der Waals surface area contributed by atoms with E-state index in [9.17, 15) is 0 Å². The van der Waals surface area contributed by atoms with Gasteiger partial charge >= 0.3 is 0 Å². The summed E-state index contributed by atoms with van der Waals surface area (Å²) in [5.74, 6) is 1.88. The molecule has 0 spiro atoms. The minimum Gasteiger partial charge on any atom is -0.353 e. The third-order valence-corrected chi connectivity index (χ3v) is 3.95. The Morgan fingerprint density at radius 3 is 2.79 bits per heavy atom. The maximum atomic E-state index is 4.52. The number of hydrogen-bond acceptors (Lipinski definition) is 5. The van der Waals surface area contributed by atoms with Crippen LogP contribution in [0.25, 0.3) is 22.4 Å². The first-order valence-corrected chi connectivity index (χ1v) is 8.00. The monoisotopic (exact) mass is 321 g/mol. The van der Waals surface area contributed by atoms with Crippen molar-refractivity contribution >= 4 is 17.2 Å². The van der Waals surface area contributed by atoms with Crippen molar-refractivity contribution in [1.29, 1.82) is 0 Å². The van der Waals surface area contributed by atoms with Gasteiger partial charge in [-0.25, -0.2) is 19.5 Å². The molecule has 0 saturated heterocycles. The maximum absolute atomic E-state index is 4.52. The molecule has 7 heteroatoms. The van der Waals surface area contributed by atoms with Gasteiger partial charge in [0.05, 0.1) is 17.9 Å². The number of rotatable bonds is 4. The topological polar surface area (TPSA) is 72.4 Å². The number of nitrogens with zero attached hydrogens (tertiary/aromatic N) is 6. The molecule has 0 radical (unpaired) electrons. The fraction of sp³-hybridized carbons (Fsp3) is 0.294. The van der Waals surface area contributed by atoms with Crippen LogP contribution in [-0.4, -0.2) is 35.5 Å². The molecule has 1 N–H and O–H groups in total. The molecule has 0 atom stereocenters. The van der Waals surface area contributed by atoms with Crippen molar-refractivity contribution in [3.63, 3.8) is 0 Å². The van der Waals surface area contributed by atoms with Gasteiger partial charge in [0, 0.05) is 42.0 Å². The zero-order chi connectivity index (χ0) is 16.7. The lowest BCUT2D eigenvalue weighted by molar-refractivity contribution is 0.681. The summed E-state index contributed by atoms with van der Waals surface area (Å²) < 4.78 is 3.83. The Labute approximate surface area is 139 Å². The summed E-state index contributed by atoms with van der Waals surface area (Å²) in [6.07, 6.45) is 9.49. The van der Waals surface area contributed by atoms with Gasteiger partial charge in [-0.3, -0.25) is 4.40 Å². The molecule has 0 aromatic carbocycles. The van der Waals surface area contributed by atoms with Crippen molar-refractivity contribution in [1.82, 2.24) is 29.0 Å². The van der Waals surface area contributed by atoms with E-state index in [-0.39, 0.29) is 0 Å². The Balaban J connectivity index is 1.74. The third-order valence-electron chi connectivity index (χ3n) is 3.95. The van der Waals surface area contributed by atoms with Gasteiger partial charge in [0.1, 0.15) is 0 Å². The molecular formula is C17H19N7. The van der Waals surface area contributed by atoms with E-state index in [1.165, 1.54) is 0 Å². The van der Waals surface area contributed by atoms with Crippen molar-refractivity contribution < 1.29 is 0 Å². The zero-order valence-electron chi connectivity index (χ0n) is 13.9. The second kappa shape index (κ2) is 5.59. The van der Waals surface area contributed by atoms with Crippen molar-refractivity contribution in [2.75, 3.05) is 11.9 Å². The molecule has 0 fully saturated rings. The van der Waals surface area contributed by atoms with Crippen molar-refractivity contribution in [3.8, 4) is 11.1 Å². The smallest absolute Gasteiger partial charge is 0.241 e. The second-order valence-corrected chi connectivity index (χ2v) is 6.33. The molecular weight excluding hydrogens is 302 g/mol. The van der Waals surface area contributed by atoms with Crippen LogP contribution in [-0.2, 0) is 0 Å². The first-order chi connectivity index (χ1) is 11.6. The predicted molar refractivity (Wildman–Crippen MR) is 93.0 cm³/mol. The highest BCUT2D eigenvalue weighted by Crippen LogP contribution is 2.25. The summed E-state index contributed by atoms with van der Waals surface area (Å²) in [5.41, 5.74) is 4.06. The van der Waals surface area contributed by atoms with Gasteiger partial charge < -0.3 is 5.32 Å². The van der Waals surface area contributed by atoms with Gasteiger partial charge in [-0.1, -0.05) is 13.8 Å². The summed E-state index contributed by atoms with van der Waals surface area (Å²) >= 11 is 0. The van der Waals surface area contributed by atoms with Crippen molar-refractivity contribution in [2.24, 2.45) is 5.92 Å². The van der Waals surface area contributed by atoms with Gasteiger partial charge in [-0.15, -0.1) is 5.10 Å². The van der Waals surface area contributed by atoms with Crippen molar-refractivity contribution in [2.45, 2.75) is 20.8 Å². The van der Waals surface area contributed by atoms with Crippen LogP contribution in [0.1, 0.15) is 19.5 Å². The lowest BCUT2D eigenvalue weighted by Crippen LogP contribution is -2.11. The van der Waals surface area contributed by atoms with Gasteiger partial charge in [-0.05, 0) is 18.9 Å². The highest BCUT2D eigenvalue weighted by molar-refractivity contribution is 5.79. The Bertz CT molecular complexity index is 1010. The van der Waals surface area contributed by atoms with Gasteiger partial charge in [0.2, 0.25) is 11.7 Å². The number of imidazole rings is 1. The minimum atomic E-state index is 0.542. The predicted octanol–water partition coefficient (Wildman–Crippen LogP) is 2.82. The second-order valence-electron chi connectivity index (χ2n) is 6.33. The van der Waals surface area contributed by atoms with Crippen LogP contribution < -0.4 is 5.32 Å². The van der Waals surface area contributed by atoms with Crippen LogP contribution in [0.2, 0.25) is 0 Å². The maximum Gasteiger partial charge on any atom is 0.241 e. The van der Waals surface area contributed by atoms with Gasteiger partial charge in [0.15, 0.2) is 0 Å². The number of anilines is 1. The molecule has 0 aliphatic carbocycles. The number of aromatic nitrogens is 6. The molecule has 0 amide bonds.